The van der Waals surface area contributed by atoms with Crippen LogP contribution in [-0.4, -0.2) is 40.5 Å². The summed E-state index contributed by atoms with van der Waals surface area (Å²) in [5.41, 5.74) is 0.531. The van der Waals surface area contributed by atoms with Gasteiger partial charge in [-0.05, 0) is 26.2 Å². The number of nitrogens with one attached hydrogen (secondary N) is 1. The predicted octanol–water partition coefficient (Wildman–Crippen LogP) is 0.778. The number of likely N-dealkylation sites (tertiary alicyclic amines) is 1. The molecule has 0 aromatic carbocycles. The fraction of sp³-hybridized carbons (Fsp3) is 0.643. The molecule has 3 rings (SSSR count). The van der Waals surface area contributed by atoms with Crippen molar-refractivity contribution in [3.63, 3.8) is 0 Å². The van der Waals surface area contributed by atoms with Crippen LogP contribution in [0.25, 0.3) is 0 Å². The molecule has 0 bridgehead atoms. The standard InChI is InChI=1S/C14H19N3O3/c1-9-7-12(18)16-13(15-9)11-3-2-5-17(11)14(19)10-4-6-20-8-10/h7,10-11H,2-6,8H2,1H3,(H,15,16,18)/t10-,11+/m0/s1. The van der Waals surface area contributed by atoms with E-state index in [1.54, 1.807) is 6.92 Å². The second-order valence-corrected chi connectivity index (χ2v) is 5.52. The quantitative estimate of drug-likeness (QED) is 0.866. The number of carbonyl (C=O) groups is 1. The second kappa shape index (κ2) is 5.36. The molecule has 2 aliphatic rings. The number of ether oxygens (including phenoxy) is 1. The van der Waals surface area contributed by atoms with Crippen LogP contribution in [0, 0.1) is 12.8 Å². The first-order valence-electron chi connectivity index (χ1n) is 7.11. The van der Waals surface area contributed by atoms with E-state index >= 15 is 0 Å². The molecular formula is C14H19N3O3. The normalized spacial score (nSPS) is 26.1. The highest BCUT2D eigenvalue weighted by molar-refractivity contribution is 5.79. The summed E-state index contributed by atoms with van der Waals surface area (Å²) in [5, 5.41) is 0. The van der Waals surface area contributed by atoms with Gasteiger partial charge in [0.15, 0.2) is 0 Å². The monoisotopic (exact) mass is 277 g/mol. The number of hydrogen-bond donors (Lipinski definition) is 1. The lowest BCUT2D eigenvalue weighted by molar-refractivity contribution is -0.136. The third-order valence-electron chi connectivity index (χ3n) is 4.02. The summed E-state index contributed by atoms with van der Waals surface area (Å²) in [6.07, 6.45) is 2.59. The fourth-order valence-corrected chi connectivity index (χ4v) is 3.04. The van der Waals surface area contributed by atoms with Crippen LogP contribution in [0.2, 0.25) is 0 Å². The Morgan fingerprint density at radius 1 is 1.50 bits per heavy atom. The van der Waals surface area contributed by atoms with Gasteiger partial charge in [-0.25, -0.2) is 4.98 Å². The minimum absolute atomic E-state index is 0.0351. The van der Waals surface area contributed by atoms with Crippen LogP contribution < -0.4 is 5.56 Å². The average molecular weight is 277 g/mol. The van der Waals surface area contributed by atoms with Gasteiger partial charge in [0.1, 0.15) is 5.82 Å². The lowest BCUT2D eigenvalue weighted by Gasteiger charge is -2.26. The SMILES string of the molecule is Cc1cc(=O)[nH]c([C@H]2CCCN2C(=O)[C@H]2CCOC2)n1. The average Bonchev–Trinajstić information content (AvgIpc) is 3.08. The maximum atomic E-state index is 12.5. The summed E-state index contributed by atoms with van der Waals surface area (Å²) < 4.78 is 5.30. The molecule has 20 heavy (non-hydrogen) atoms. The molecule has 0 radical (unpaired) electrons. The smallest absolute Gasteiger partial charge is 0.251 e. The van der Waals surface area contributed by atoms with Gasteiger partial charge >= 0.3 is 0 Å². The van der Waals surface area contributed by atoms with Crippen LogP contribution >= 0.6 is 0 Å². The summed E-state index contributed by atoms with van der Waals surface area (Å²) in [6, 6.07) is 1.37. The van der Waals surface area contributed by atoms with Crippen molar-refractivity contribution in [1.29, 1.82) is 0 Å². The molecule has 3 heterocycles. The highest BCUT2D eigenvalue weighted by Gasteiger charge is 2.36. The Morgan fingerprint density at radius 3 is 3.05 bits per heavy atom. The minimum atomic E-state index is -0.156. The van der Waals surface area contributed by atoms with E-state index in [1.807, 2.05) is 4.90 Å². The van der Waals surface area contributed by atoms with Gasteiger partial charge in [0.2, 0.25) is 5.91 Å². The Hall–Kier alpha value is -1.69. The van der Waals surface area contributed by atoms with E-state index in [1.165, 1.54) is 6.07 Å². The zero-order chi connectivity index (χ0) is 14.1. The molecule has 0 unspecified atom stereocenters. The molecule has 6 heteroatoms. The molecule has 0 saturated carbocycles. The molecule has 108 valence electrons. The number of nitrogens with zero attached hydrogens (tertiary/aromatic N) is 2. The second-order valence-electron chi connectivity index (χ2n) is 5.52. The van der Waals surface area contributed by atoms with Crippen molar-refractivity contribution >= 4 is 5.91 Å². The fourth-order valence-electron chi connectivity index (χ4n) is 3.04. The molecule has 1 aromatic rings. The Bertz CT molecular complexity index is 563. The third kappa shape index (κ3) is 2.47. The number of aromatic nitrogens is 2. The Morgan fingerprint density at radius 2 is 2.35 bits per heavy atom. The largest absolute Gasteiger partial charge is 0.381 e. The van der Waals surface area contributed by atoms with Gasteiger partial charge in [-0.1, -0.05) is 0 Å². The first-order chi connectivity index (χ1) is 9.65. The predicted molar refractivity (Wildman–Crippen MR) is 72.2 cm³/mol. The van der Waals surface area contributed by atoms with Crippen LogP contribution in [0.4, 0.5) is 0 Å². The summed E-state index contributed by atoms with van der Waals surface area (Å²) in [7, 11) is 0. The van der Waals surface area contributed by atoms with E-state index in [0.29, 0.717) is 24.7 Å². The molecule has 6 nitrogen and oxygen atoms in total. The topological polar surface area (TPSA) is 75.3 Å². The summed E-state index contributed by atoms with van der Waals surface area (Å²) in [5.74, 6) is 0.709. The molecule has 2 fully saturated rings. The van der Waals surface area contributed by atoms with E-state index in [-0.39, 0.29) is 23.4 Å². The number of carbonyl (C=O) groups excluding carboxylic acids is 1. The maximum absolute atomic E-state index is 12.5. The van der Waals surface area contributed by atoms with Crippen LogP contribution in [-0.2, 0) is 9.53 Å². The molecule has 0 aliphatic carbocycles. The van der Waals surface area contributed by atoms with Crippen molar-refractivity contribution < 1.29 is 9.53 Å². The van der Waals surface area contributed by atoms with Crippen molar-refractivity contribution in [2.45, 2.75) is 32.2 Å². The minimum Gasteiger partial charge on any atom is -0.381 e. The van der Waals surface area contributed by atoms with Crippen LogP contribution in [0.15, 0.2) is 10.9 Å². The molecule has 1 N–H and O–H groups in total. The number of aromatic amines is 1. The number of rotatable bonds is 2. The lowest BCUT2D eigenvalue weighted by atomic mass is 10.1. The van der Waals surface area contributed by atoms with Gasteiger partial charge in [0, 0.05) is 24.9 Å². The van der Waals surface area contributed by atoms with Gasteiger partial charge in [0.25, 0.3) is 5.56 Å². The molecule has 2 aliphatic heterocycles. The maximum Gasteiger partial charge on any atom is 0.251 e. The van der Waals surface area contributed by atoms with Gasteiger partial charge in [-0.2, -0.15) is 0 Å². The lowest BCUT2D eigenvalue weighted by Crippen LogP contribution is -2.37. The molecule has 1 aromatic heterocycles. The Labute approximate surface area is 117 Å². The molecule has 2 saturated heterocycles. The van der Waals surface area contributed by atoms with E-state index in [9.17, 15) is 9.59 Å². The number of H-pyrrole nitrogens is 1. The first kappa shape index (κ1) is 13.3. The highest BCUT2D eigenvalue weighted by Crippen LogP contribution is 2.32. The van der Waals surface area contributed by atoms with Gasteiger partial charge in [-0.15, -0.1) is 0 Å². The number of hydrogen-bond acceptors (Lipinski definition) is 4. The summed E-state index contributed by atoms with van der Waals surface area (Å²) in [6.45, 7) is 3.70. The van der Waals surface area contributed by atoms with E-state index in [4.69, 9.17) is 4.74 Å². The molecule has 2 atom stereocenters. The van der Waals surface area contributed by atoms with E-state index in [2.05, 4.69) is 9.97 Å². The summed E-state index contributed by atoms with van der Waals surface area (Å²) >= 11 is 0. The van der Waals surface area contributed by atoms with Gasteiger partial charge in [-0.3, -0.25) is 9.59 Å². The van der Waals surface area contributed by atoms with E-state index in [0.717, 1.165) is 25.8 Å². The van der Waals surface area contributed by atoms with Crippen LogP contribution in [0.1, 0.15) is 36.8 Å². The number of aryl methyl sites for hydroxylation is 1. The van der Waals surface area contributed by atoms with Crippen molar-refractivity contribution in [3.05, 3.63) is 27.9 Å². The van der Waals surface area contributed by atoms with Crippen LogP contribution in [0.3, 0.4) is 0 Å². The molecular weight excluding hydrogens is 258 g/mol. The Kier molecular flexibility index (Phi) is 3.56. The van der Waals surface area contributed by atoms with Gasteiger partial charge < -0.3 is 14.6 Å². The zero-order valence-electron chi connectivity index (χ0n) is 11.6. The van der Waals surface area contributed by atoms with Crippen molar-refractivity contribution in [2.24, 2.45) is 5.92 Å². The zero-order valence-corrected chi connectivity index (χ0v) is 11.6. The Balaban J connectivity index is 1.84. The number of amides is 1. The highest BCUT2D eigenvalue weighted by atomic mass is 16.5. The molecule has 0 spiro atoms. The van der Waals surface area contributed by atoms with E-state index < -0.39 is 0 Å². The first-order valence-corrected chi connectivity index (χ1v) is 7.11. The summed E-state index contributed by atoms with van der Waals surface area (Å²) in [4.78, 5) is 33.1. The van der Waals surface area contributed by atoms with Crippen molar-refractivity contribution in [2.75, 3.05) is 19.8 Å². The third-order valence-corrected chi connectivity index (χ3v) is 4.02. The van der Waals surface area contributed by atoms with Crippen molar-refractivity contribution in [1.82, 2.24) is 14.9 Å². The van der Waals surface area contributed by atoms with Crippen molar-refractivity contribution in [3.8, 4) is 0 Å². The van der Waals surface area contributed by atoms with Gasteiger partial charge in [0.05, 0.1) is 18.6 Å². The molecule has 1 amide bonds. The van der Waals surface area contributed by atoms with Crippen LogP contribution in [0.5, 0.6) is 0 Å².